The molecule has 0 fully saturated rings. The molecule has 0 radical (unpaired) electrons. The van der Waals surface area contributed by atoms with Crippen LogP contribution in [0, 0.1) is 6.92 Å². The van der Waals surface area contributed by atoms with Crippen LogP contribution in [0.2, 0.25) is 0 Å². The maximum Gasteiger partial charge on any atom is 0.249 e. The molecule has 1 amide bonds. The van der Waals surface area contributed by atoms with E-state index in [1.165, 1.54) is 0 Å². The number of hydrogen-bond acceptors (Lipinski definition) is 3. The maximum absolute atomic E-state index is 11.9. The lowest BCUT2D eigenvalue weighted by Gasteiger charge is -2.15. The first-order valence-electron chi connectivity index (χ1n) is 6.89. The number of rotatable bonds is 5. The van der Waals surface area contributed by atoms with E-state index in [0.29, 0.717) is 6.54 Å². The van der Waals surface area contributed by atoms with Crippen molar-refractivity contribution in [1.29, 1.82) is 0 Å². The Morgan fingerprint density at radius 1 is 1.30 bits per heavy atom. The fourth-order valence-corrected chi connectivity index (χ4v) is 2.17. The van der Waals surface area contributed by atoms with Gasteiger partial charge in [-0.15, -0.1) is 0 Å². The average Bonchev–Trinajstić information content (AvgIpc) is 2.72. The average molecular weight is 275 g/mol. The summed E-state index contributed by atoms with van der Waals surface area (Å²) in [7, 11) is 0. The molecule has 0 saturated carbocycles. The lowest BCUT2D eigenvalue weighted by Crippen LogP contribution is -2.35. The quantitative estimate of drug-likeness (QED) is 0.911. The van der Waals surface area contributed by atoms with Crippen molar-refractivity contribution in [1.82, 2.24) is 5.32 Å². The van der Waals surface area contributed by atoms with Crippen molar-refractivity contribution in [3.8, 4) is 0 Å². The van der Waals surface area contributed by atoms with E-state index in [1.807, 2.05) is 45.0 Å². The number of nitrogens with one attached hydrogen (secondary N) is 1. The van der Waals surface area contributed by atoms with Gasteiger partial charge in [-0.2, -0.15) is 0 Å². The highest BCUT2D eigenvalue weighted by Crippen LogP contribution is 2.24. The molecule has 1 atom stereocenters. The van der Waals surface area contributed by atoms with Crippen LogP contribution in [0.15, 0.2) is 28.7 Å². The minimum atomic E-state index is -0.459. The van der Waals surface area contributed by atoms with Gasteiger partial charge in [0.25, 0.3) is 0 Å². The van der Waals surface area contributed by atoms with E-state index in [-0.39, 0.29) is 12.0 Å². The van der Waals surface area contributed by atoms with E-state index in [1.54, 1.807) is 6.92 Å². The SMILES string of the molecule is Cc1c(CNC(=O)[C@H](C)OC(C)C)oc2ccccc12. The second-order valence-electron chi connectivity index (χ2n) is 5.19. The Morgan fingerprint density at radius 2 is 2.00 bits per heavy atom. The second kappa shape index (κ2) is 6.09. The summed E-state index contributed by atoms with van der Waals surface area (Å²) in [4.78, 5) is 11.9. The number of carbonyl (C=O) groups excluding carboxylic acids is 1. The number of carbonyl (C=O) groups is 1. The van der Waals surface area contributed by atoms with Crippen LogP contribution in [-0.4, -0.2) is 18.1 Å². The zero-order valence-corrected chi connectivity index (χ0v) is 12.4. The molecule has 0 unspecified atom stereocenters. The Labute approximate surface area is 119 Å². The number of fused-ring (bicyclic) bond motifs is 1. The molecule has 4 nitrogen and oxygen atoms in total. The number of ether oxygens (including phenoxy) is 1. The standard InChI is InChI=1S/C16H21NO3/c1-10(2)19-12(4)16(18)17-9-15-11(3)13-7-5-6-8-14(13)20-15/h5-8,10,12H,9H2,1-4H3,(H,17,18)/t12-/m0/s1. The molecule has 0 aliphatic rings. The summed E-state index contributed by atoms with van der Waals surface area (Å²) in [6, 6.07) is 7.86. The summed E-state index contributed by atoms with van der Waals surface area (Å²) in [5.41, 5.74) is 1.92. The highest BCUT2D eigenvalue weighted by atomic mass is 16.5. The van der Waals surface area contributed by atoms with Gasteiger partial charge in [0.1, 0.15) is 17.4 Å². The molecule has 0 saturated heterocycles. The van der Waals surface area contributed by atoms with Crippen LogP contribution in [0.4, 0.5) is 0 Å². The first-order valence-corrected chi connectivity index (χ1v) is 6.89. The van der Waals surface area contributed by atoms with Crippen molar-refractivity contribution < 1.29 is 13.9 Å². The Hall–Kier alpha value is -1.81. The van der Waals surface area contributed by atoms with Gasteiger partial charge in [0, 0.05) is 10.9 Å². The van der Waals surface area contributed by atoms with Crippen molar-refractivity contribution in [2.45, 2.75) is 46.4 Å². The van der Waals surface area contributed by atoms with E-state index in [9.17, 15) is 4.79 Å². The van der Waals surface area contributed by atoms with E-state index in [0.717, 1.165) is 22.3 Å². The summed E-state index contributed by atoms with van der Waals surface area (Å²) in [6.45, 7) is 7.95. The molecule has 2 aromatic rings. The monoisotopic (exact) mass is 275 g/mol. The molecule has 1 aromatic carbocycles. The van der Waals surface area contributed by atoms with E-state index >= 15 is 0 Å². The number of hydrogen-bond donors (Lipinski definition) is 1. The van der Waals surface area contributed by atoms with Crippen molar-refractivity contribution in [2.24, 2.45) is 0 Å². The van der Waals surface area contributed by atoms with Crippen molar-refractivity contribution in [2.75, 3.05) is 0 Å². The Kier molecular flexibility index (Phi) is 4.45. The zero-order valence-electron chi connectivity index (χ0n) is 12.4. The number of amides is 1. The van der Waals surface area contributed by atoms with Crippen LogP contribution in [0.25, 0.3) is 11.0 Å². The number of furan rings is 1. The van der Waals surface area contributed by atoms with E-state index < -0.39 is 6.10 Å². The molecular formula is C16H21NO3. The third-order valence-electron chi connectivity index (χ3n) is 3.21. The van der Waals surface area contributed by atoms with Crippen LogP contribution >= 0.6 is 0 Å². The summed E-state index contributed by atoms with van der Waals surface area (Å²) < 4.78 is 11.2. The van der Waals surface area contributed by atoms with Gasteiger partial charge in [0.15, 0.2) is 0 Å². The van der Waals surface area contributed by atoms with E-state index in [4.69, 9.17) is 9.15 Å². The van der Waals surface area contributed by atoms with E-state index in [2.05, 4.69) is 5.32 Å². The molecule has 2 rings (SSSR count). The topological polar surface area (TPSA) is 51.5 Å². The van der Waals surface area contributed by atoms with Gasteiger partial charge in [0.05, 0.1) is 12.6 Å². The van der Waals surface area contributed by atoms with Gasteiger partial charge in [-0.1, -0.05) is 18.2 Å². The van der Waals surface area contributed by atoms with Gasteiger partial charge in [0.2, 0.25) is 5.91 Å². The van der Waals surface area contributed by atoms with Gasteiger partial charge < -0.3 is 14.5 Å². The van der Waals surface area contributed by atoms with Crippen LogP contribution in [0.3, 0.4) is 0 Å². The Balaban J connectivity index is 2.02. The molecule has 0 aliphatic carbocycles. The Morgan fingerprint density at radius 3 is 2.65 bits per heavy atom. The molecule has 0 bridgehead atoms. The minimum Gasteiger partial charge on any atom is -0.459 e. The largest absolute Gasteiger partial charge is 0.459 e. The molecule has 0 spiro atoms. The fraction of sp³-hybridized carbons (Fsp3) is 0.438. The molecule has 1 N–H and O–H groups in total. The van der Waals surface area contributed by atoms with Gasteiger partial charge in [-0.05, 0) is 33.8 Å². The summed E-state index contributed by atoms with van der Waals surface area (Å²) in [6.07, 6.45) is -0.427. The summed E-state index contributed by atoms with van der Waals surface area (Å²) >= 11 is 0. The number of para-hydroxylation sites is 1. The first-order chi connectivity index (χ1) is 9.49. The van der Waals surface area contributed by atoms with Gasteiger partial charge in [-0.3, -0.25) is 4.79 Å². The zero-order chi connectivity index (χ0) is 14.7. The van der Waals surface area contributed by atoms with Gasteiger partial charge in [-0.25, -0.2) is 0 Å². The minimum absolute atomic E-state index is 0.0312. The van der Waals surface area contributed by atoms with Crippen molar-refractivity contribution in [3.63, 3.8) is 0 Å². The second-order valence-corrected chi connectivity index (χ2v) is 5.19. The van der Waals surface area contributed by atoms with Crippen LogP contribution in [0.1, 0.15) is 32.1 Å². The lowest BCUT2D eigenvalue weighted by atomic mass is 10.1. The third-order valence-corrected chi connectivity index (χ3v) is 3.21. The van der Waals surface area contributed by atoms with Gasteiger partial charge >= 0.3 is 0 Å². The van der Waals surface area contributed by atoms with Crippen LogP contribution in [-0.2, 0) is 16.1 Å². The molecule has 108 valence electrons. The summed E-state index contributed by atoms with van der Waals surface area (Å²) in [5.74, 6) is 0.662. The third kappa shape index (κ3) is 3.20. The normalized spacial score (nSPS) is 12.8. The van der Waals surface area contributed by atoms with Crippen molar-refractivity contribution >= 4 is 16.9 Å². The molecule has 20 heavy (non-hydrogen) atoms. The molecule has 1 aromatic heterocycles. The molecule has 1 heterocycles. The fourth-order valence-electron chi connectivity index (χ4n) is 2.17. The highest BCUT2D eigenvalue weighted by molar-refractivity contribution is 5.83. The summed E-state index contributed by atoms with van der Waals surface area (Å²) in [5, 5.41) is 3.93. The smallest absolute Gasteiger partial charge is 0.249 e. The molecule has 0 aliphatic heterocycles. The Bertz CT molecular complexity index is 601. The maximum atomic E-state index is 11.9. The number of benzene rings is 1. The first kappa shape index (κ1) is 14.6. The molecule has 4 heteroatoms. The van der Waals surface area contributed by atoms with Crippen molar-refractivity contribution in [3.05, 3.63) is 35.6 Å². The lowest BCUT2D eigenvalue weighted by molar-refractivity contribution is -0.134. The van der Waals surface area contributed by atoms with Crippen LogP contribution in [0.5, 0.6) is 0 Å². The highest BCUT2D eigenvalue weighted by Gasteiger charge is 2.16. The predicted molar refractivity (Wildman–Crippen MR) is 78.5 cm³/mol. The number of aryl methyl sites for hydroxylation is 1. The molecular weight excluding hydrogens is 254 g/mol. The predicted octanol–water partition coefficient (Wildman–Crippen LogP) is 3.17. The van der Waals surface area contributed by atoms with Crippen LogP contribution < -0.4 is 5.32 Å².